The normalized spacial score (nSPS) is 31.9. The van der Waals surface area contributed by atoms with Crippen molar-refractivity contribution in [3.05, 3.63) is 77.4 Å². The first kappa shape index (κ1) is 23.8. The largest absolute Gasteiger partial charge is 0.494 e. The van der Waals surface area contributed by atoms with Gasteiger partial charge in [-0.2, -0.15) is 0 Å². The molecule has 2 aliphatic carbocycles. The maximum atomic E-state index is 14.3. The molecule has 7 rings (SSSR count). The molecule has 3 heterocycles. The van der Waals surface area contributed by atoms with Crippen LogP contribution in [0.4, 0.5) is 0 Å². The molecule has 5 atom stereocenters. The van der Waals surface area contributed by atoms with E-state index in [1.165, 1.54) is 4.57 Å². The molecule has 38 heavy (non-hydrogen) atoms. The predicted octanol–water partition coefficient (Wildman–Crippen LogP) is 3.99. The Bertz CT molecular complexity index is 1570. The van der Waals surface area contributed by atoms with E-state index < -0.39 is 33.4 Å². The highest BCUT2D eigenvalue weighted by molar-refractivity contribution is 7.90. The molecule has 0 radical (unpaired) electrons. The van der Waals surface area contributed by atoms with Crippen LogP contribution < -0.4 is 5.32 Å². The molecule has 9 heteroatoms. The Kier molecular flexibility index (Phi) is 4.78. The molecular weight excluding hydrogens is 502 g/mol. The molecule has 4 aliphatic rings. The average Bonchev–Trinajstić information content (AvgIpc) is 3.60. The van der Waals surface area contributed by atoms with Gasteiger partial charge in [0.15, 0.2) is 0 Å². The Balaban J connectivity index is 1.37. The maximum Gasteiger partial charge on any atom is 0.258 e. The van der Waals surface area contributed by atoms with E-state index in [0.29, 0.717) is 23.6 Å². The van der Waals surface area contributed by atoms with Crippen LogP contribution in [0.2, 0.25) is 0 Å². The first-order valence-corrected chi connectivity index (χ1v) is 14.8. The summed E-state index contributed by atoms with van der Waals surface area (Å²) < 4.78 is 29.8. The van der Waals surface area contributed by atoms with Crippen LogP contribution in [0.3, 0.4) is 0 Å². The fourth-order valence-electron chi connectivity index (χ4n) is 8.12. The standard InChI is InChI=1S/C29H31N3O5S/c1-28(2)18-13-14-29(28)16-38(36,37)32(20(29)15-18)27(35)24-22-21(23(30-24)17-9-5-3-6-10-17)25(33)31(26(22)34)19-11-7-4-8-12-19/h3-12,18,20,23-24,30,33-34H,13-16H2,1-2H3/t18?,20-,23?,24+,29?/m1/s1. The van der Waals surface area contributed by atoms with Gasteiger partial charge in [0, 0.05) is 16.5 Å². The number of fused-ring (bicyclic) bond motifs is 2. The van der Waals surface area contributed by atoms with Gasteiger partial charge in [-0.3, -0.25) is 14.7 Å². The van der Waals surface area contributed by atoms with E-state index in [1.807, 2.05) is 36.4 Å². The number of amides is 1. The van der Waals surface area contributed by atoms with Crippen LogP contribution in [0.5, 0.6) is 11.8 Å². The SMILES string of the molecule is CC1(C)C2CCC13CS(=O)(=O)N(C(=O)[C@H]1NC(c4ccccc4)c4c1c(O)n(-c1ccccc1)c4O)[C@@H]3C2. The fourth-order valence-corrected chi connectivity index (χ4v) is 10.7. The van der Waals surface area contributed by atoms with E-state index in [1.54, 1.807) is 24.3 Å². The van der Waals surface area contributed by atoms with Gasteiger partial charge in [0.05, 0.1) is 23.5 Å². The van der Waals surface area contributed by atoms with Crippen LogP contribution in [0, 0.1) is 16.7 Å². The molecule has 2 aliphatic heterocycles. The third-order valence-corrected chi connectivity index (χ3v) is 12.0. The number of nitrogens with one attached hydrogen (secondary N) is 1. The number of aromatic nitrogens is 1. The van der Waals surface area contributed by atoms with Gasteiger partial charge in [0.25, 0.3) is 5.91 Å². The Hall–Kier alpha value is -3.30. The second-order valence-electron chi connectivity index (χ2n) is 11.8. The second kappa shape index (κ2) is 7.64. The lowest BCUT2D eigenvalue weighted by Gasteiger charge is -2.37. The molecule has 3 fully saturated rings. The zero-order chi connectivity index (χ0) is 26.6. The van der Waals surface area contributed by atoms with E-state index in [4.69, 9.17) is 0 Å². The lowest BCUT2D eigenvalue weighted by Crippen LogP contribution is -2.47. The van der Waals surface area contributed by atoms with Gasteiger partial charge in [0.2, 0.25) is 21.8 Å². The topological polar surface area (TPSA) is 112 Å². The summed E-state index contributed by atoms with van der Waals surface area (Å²) in [6.07, 6.45) is 2.45. The van der Waals surface area contributed by atoms with E-state index >= 15 is 0 Å². The molecule has 2 saturated carbocycles. The molecular formula is C29H31N3O5S. The summed E-state index contributed by atoms with van der Waals surface area (Å²) in [7, 11) is -3.86. The van der Waals surface area contributed by atoms with Crippen molar-refractivity contribution in [3.63, 3.8) is 0 Å². The van der Waals surface area contributed by atoms with Gasteiger partial charge in [0.1, 0.15) is 6.04 Å². The molecule has 1 amide bonds. The number of para-hydroxylation sites is 1. The van der Waals surface area contributed by atoms with Gasteiger partial charge in [-0.15, -0.1) is 0 Å². The van der Waals surface area contributed by atoms with E-state index in [-0.39, 0.29) is 34.5 Å². The molecule has 3 unspecified atom stereocenters. The number of benzene rings is 2. The molecule has 2 aromatic carbocycles. The van der Waals surface area contributed by atoms with E-state index in [2.05, 4.69) is 19.2 Å². The molecule has 198 valence electrons. The molecule has 3 N–H and O–H groups in total. The van der Waals surface area contributed by atoms with Crippen molar-refractivity contribution in [3.8, 4) is 17.4 Å². The summed E-state index contributed by atoms with van der Waals surface area (Å²) in [6.45, 7) is 4.30. The predicted molar refractivity (Wildman–Crippen MR) is 141 cm³/mol. The Morgan fingerprint density at radius 3 is 2.26 bits per heavy atom. The molecule has 2 bridgehead atoms. The number of nitrogens with zero attached hydrogens (tertiary/aromatic N) is 2. The first-order chi connectivity index (χ1) is 18.1. The lowest BCUT2D eigenvalue weighted by atomic mass is 9.69. The minimum atomic E-state index is -3.86. The zero-order valence-electron chi connectivity index (χ0n) is 21.3. The summed E-state index contributed by atoms with van der Waals surface area (Å²) in [5.74, 6) is -0.687. The first-order valence-electron chi connectivity index (χ1n) is 13.2. The average molecular weight is 534 g/mol. The quantitative estimate of drug-likeness (QED) is 0.470. The number of rotatable bonds is 3. The summed E-state index contributed by atoms with van der Waals surface area (Å²) in [5, 5.41) is 26.1. The van der Waals surface area contributed by atoms with Gasteiger partial charge < -0.3 is 10.2 Å². The minimum Gasteiger partial charge on any atom is -0.494 e. The van der Waals surface area contributed by atoms with Gasteiger partial charge >= 0.3 is 0 Å². The van der Waals surface area contributed by atoms with Crippen LogP contribution >= 0.6 is 0 Å². The van der Waals surface area contributed by atoms with Crippen molar-refractivity contribution in [2.75, 3.05) is 5.75 Å². The number of hydrogen-bond acceptors (Lipinski definition) is 6. The number of hydrogen-bond donors (Lipinski definition) is 3. The number of carbonyl (C=O) groups excluding carboxylic acids is 1. The Labute approximate surface area is 222 Å². The molecule has 1 saturated heterocycles. The highest BCUT2D eigenvalue weighted by Gasteiger charge is 2.72. The summed E-state index contributed by atoms with van der Waals surface area (Å²) in [6, 6.07) is 16.2. The molecule has 1 aromatic heterocycles. The number of aromatic hydroxyl groups is 2. The highest BCUT2D eigenvalue weighted by Crippen LogP contribution is 2.70. The van der Waals surface area contributed by atoms with E-state index in [9.17, 15) is 23.4 Å². The van der Waals surface area contributed by atoms with E-state index in [0.717, 1.165) is 22.7 Å². The Morgan fingerprint density at radius 1 is 0.974 bits per heavy atom. The molecule has 1 spiro atoms. The summed E-state index contributed by atoms with van der Waals surface area (Å²) in [5.41, 5.74) is 1.33. The maximum absolute atomic E-state index is 14.3. The highest BCUT2D eigenvalue weighted by atomic mass is 32.2. The van der Waals surface area contributed by atoms with Crippen LogP contribution in [0.1, 0.15) is 61.9 Å². The van der Waals surface area contributed by atoms with Crippen molar-refractivity contribution in [1.29, 1.82) is 0 Å². The van der Waals surface area contributed by atoms with Crippen molar-refractivity contribution < 1.29 is 23.4 Å². The number of sulfonamides is 1. The zero-order valence-corrected chi connectivity index (χ0v) is 22.1. The third kappa shape index (κ3) is 2.83. The van der Waals surface area contributed by atoms with Gasteiger partial charge in [-0.05, 0) is 48.3 Å². The van der Waals surface area contributed by atoms with Crippen molar-refractivity contribution >= 4 is 15.9 Å². The lowest BCUT2D eigenvalue weighted by molar-refractivity contribution is -0.131. The van der Waals surface area contributed by atoms with Crippen LogP contribution in [-0.2, 0) is 14.8 Å². The Morgan fingerprint density at radius 2 is 1.61 bits per heavy atom. The third-order valence-electron chi connectivity index (χ3n) is 10.1. The second-order valence-corrected chi connectivity index (χ2v) is 13.7. The fraction of sp³-hybridized carbons (Fsp3) is 0.414. The minimum absolute atomic E-state index is 0.0240. The number of carbonyl (C=O) groups is 1. The van der Waals surface area contributed by atoms with Crippen LogP contribution in [0.25, 0.3) is 5.69 Å². The summed E-state index contributed by atoms with van der Waals surface area (Å²) in [4.78, 5) is 14.3. The van der Waals surface area contributed by atoms with Gasteiger partial charge in [-0.1, -0.05) is 62.4 Å². The monoisotopic (exact) mass is 533 g/mol. The summed E-state index contributed by atoms with van der Waals surface area (Å²) >= 11 is 0. The molecule has 8 nitrogen and oxygen atoms in total. The van der Waals surface area contributed by atoms with Crippen LogP contribution in [-0.4, -0.2) is 45.2 Å². The van der Waals surface area contributed by atoms with Crippen molar-refractivity contribution in [2.45, 2.75) is 51.2 Å². The van der Waals surface area contributed by atoms with Crippen molar-refractivity contribution in [2.24, 2.45) is 16.7 Å². The van der Waals surface area contributed by atoms with Gasteiger partial charge in [-0.25, -0.2) is 12.7 Å². The smallest absolute Gasteiger partial charge is 0.258 e. The van der Waals surface area contributed by atoms with Crippen molar-refractivity contribution in [1.82, 2.24) is 14.2 Å². The van der Waals surface area contributed by atoms with Crippen LogP contribution in [0.15, 0.2) is 60.7 Å². The molecule has 3 aromatic rings.